The maximum atomic E-state index is 12.4. The molecule has 1 saturated carbocycles. The number of aliphatic hydroxyl groups is 1. The Labute approximate surface area is 126 Å². The third-order valence-corrected chi connectivity index (χ3v) is 4.64. The Morgan fingerprint density at radius 1 is 1.10 bits per heavy atom. The van der Waals surface area contributed by atoms with E-state index in [9.17, 15) is 14.7 Å². The summed E-state index contributed by atoms with van der Waals surface area (Å²) in [7, 11) is 0. The predicted molar refractivity (Wildman–Crippen MR) is 79.7 cm³/mol. The van der Waals surface area contributed by atoms with Gasteiger partial charge in [-0.1, -0.05) is 12.8 Å². The number of amides is 2. The van der Waals surface area contributed by atoms with Crippen molar-refractivity contribution in [3.8, 4) is 0 Å². The van der Waals surface area contributed by atoms with Gasteiger partial charge in [0.2, 0.25) is 11.8 Å². The first kappa shape index (κ1) is 16.2. The molecule has 1 N–H and O–H groups in total. The van der Waals surface area contributed by atoms with Crippen LogP contribution in [0.3, 0.4) is 0 Å². The number of carbonyl (C=O) groups is 2. The summed E-state index contributed by atoms with van der Waals surface area (Å²) in [4.78, 5) is 29.5. The van der Waals surface area contributed by atoms with E-state index < -0.39 is 0 Å². The van der Waals surface area contributed by atoms with Gasteiger partial charge >= 0.3 is 0 Å². The molecule has 0 spiro atoms. The molecule has 0 radical (unpaired) electrons. The molecular weight excluding hydrogens is 270 g/mol. The Hall–Kier alpha value is -1.14. The normalized spacial score (nSPS) is 20.3. The first-order chi connectivity index (χ1) is 10.1. The van der Waals surface area contributed by atoms with Crippen LogP contribution in [0.1, 0.15) is 32.6 Å². The van der Waals surface area contributed by atoms with Crippen molar-refractivity contribution in [2.75, 3.05) is 45.9 Å². The molecule has 6 nitrogen and oxygen atoms in total. The van der Waals surface area contributed by atoms with E-state index in [0.29, 0.717) is 45.3 Å². The van der Waals surface area contributed by atoms with Crippen molar-refractivity contribution < 1.29 is 14.7 Å². The lowest BCUT2D eigenvalue weighted by molar-refractivity contribution is -0.139. The van der Waals surface area contributed by atoms with E-state index in [0.717, 1.165) is 12.8 Å². The number of rotatable bonds is 5. The minimum Gasteiger partial charge on any atom is -0.395 e. The summed E-state index contributed by atoms with van der Waals surface area (Å²) in [5, 5.41) is 9.21. The molecule has 2 amide bonds. The summed E-state index contributed by atoms with van der Waals surface area (Å²) in [6.07, 6.45) is 4.70. The van der Waals surface area contributed by atoms with Crippen LogP contribution in [0.2, 0.25) is 0 Å². The number of aliphatic hydroxyl groups excluding tert-OH is 1. The number of hydrogen-bond donors (Lipinski definition) is 1. The highest BCUT2D eigenvalue weighted by Crippen LogP contribution is 2.23. The van der Waals surface area contributed by atoms with E-state index in [4.69, 9.17) is 0 Å². The summed E-state index contributed by atoms with van der Waals surface area (Å²) in [5.74, 6) is 0.202. The quantitative estimate of drug-likeness (QED) is 0.770. The van der Waals surface area contributed by atoms with Crippen molar-refractivity contribution >= 4 is 11.8 Å². The average molecular weight is 297 g/mol. The molecule has 1 heterocycles. The molecule has 1 saturated heterocycles. The molecule has 0 aromatic carbocycles. The maximum absolute atomic E-state index is 12.4. The minimum absolute atomic E-state index is 0.0787. The zero-order valence-electron chi connectivity index (χ0n) is 13.0. The predicted octanol–water partition coefficient (Wildman–Crippen LogP) is -0.0860. The monoisotopic (exact) mass is 297 g/mol. The number of hydrogen-bond acceptors (Lipinski definition) is 4. The topological polar surface area (TPSA) is 64.1 Å². The molecule has 1 aliphatic heterocycles. The van der Waals surface area contributed by atoms with Gasteiger partial charge in [0.15, 0.2) is 0 Å². The Balaban J connectivity index is 1.83. The third-order valence-electron chi connectivity index (χ3n) is 4.64. The largest absolute Gasteiger partial charge is 0.395 e. The molecule has 0 unspecified atom stereocenters. The van der Waals surface area contributed by atoms with E-state index >= 15 is 0 Å². The van der Waals surface area contributed by atoms with Crippen LogP contribution >= 0.6 is 0 Å². The van der Waals surface area contributed by atoms with Crippen LogP contribution in [0.5, 0.6) is 0 Å². The molecule has 0 bridgehead atoms. The maximum Gasteiger partial charge on any atom is 0.236 e. The summed E-state index contributed by atoms with van der Waals surface area (Å²) in [5.41, 5.74) is 0. The summed E-state index contributed by atoms with van der Waals surface area (Å²) >= 11 is 0. The first-order valence-electron chi connectivity index (χ1n) is 8.00. The van der Waals surface area contributed by atoms with Gasteiger partial charge in [0.1, 0.15) is 0 Å². The van der Waals surface area contributed by atoms with Gasteiger partial charge in [0, 0.05) is 45.7 Å². The lowest BCUT2D eigenvalue weighted by Gasteiger charge is -2.36. The Morgan fingerprint density at radius 2 is 1.67 bits per heavy atom. The molecular formula is C15H27N3O3. The fraction of sp³-hybridized carbons (Fsp3) is 0.867. The van der Waals surface area contributed by atoms with Crippen LogP contribution in [0.4, 0.5) is 0 Å². The Kier molecular flexibility index (Phi) is 5.99. The van der Waals surface area contributed by atoms with Crippen LogP contribution < -0.4 is 0 Å². The first-order valence-corrected chi connectivity index (χ1v) is 8.00. The average Bonchev–Trinajstić information content (AvgIpc) is 3.01. The molecule has 2 aliphatic rings. The second-order valence-electron chi connectivity index (χ2n) is 6.02. The molecule has 0 aromatic rings. The van der Waals surface area contributed by atoms with Gasteiger partial charge in [-0.3, -0.25) is 14.5 Å². The van der Waals surface area contributed by atoms with Gasteiger partial charge in [0.25, 0.3) is 0 Å². The van der Waals surface area contributed by atoms with E-state index in [1.807, 2.05) is 4.90 Å². The van der Waals surface area contributed by atoms with Crippen molar-refractivity contribution in [2.45, 2.75) is 38.6 Å². The van der Waals surface area contributed by atoms with Crippen molar-refractivity contribution in [1.29, 1.82) is 0 Å². The molecule has 2 rings (SSSR count). The number of nitrogens with zero attached hydrogens (tertiary/aromatic N) is 3. The Morgan fingerprint density at radius 3 is 2.19 bits per heavy atom. The van der Waals surface area contributed by atoms with Gasteiger partial charge < -0.3 is 14.9 Å². The van der Waals surface area contributed by atoms with Crippen LogP contribution in [0.15, 0.2) is 0 Å². The van der Waals surface area contributed by atoms with Crippen LogP contribution in [-0.2, 0) is 9.59 Å². The number of carbonyl (C=O) groups excluding carboxylic acids is 2. The molecule has 120 valence electrons. The third kappa shape index (κ3) is 4.41. The molecule has 6 heteroatoms. The van der Waals surface area contributed by atoms with Crippen molar-refractivity contribution in [3.05, 3.63) is 0 Å². The fourth-order valence-corrected chi connectivity index (χ4v) is 3.33. The zero-order valence-corrected chi connectivity index (χ0v) is 13.0. The van der Waals surface area contributed by atoms with E-state index in [1.54, 1.807) is 11.8 Å². The summed E-state index contributed by atoms with van der Waals surface area (Å²) in [6, 6.07) is 0.444. The van der Waals surface area contributed by atoms with Crippen molar-refractivity contribution in [1.82, 2.24) is 14.7 Å². The fourth-order valence-electron chi connectivity index (χ4n) is 3.33. The highest BCUT2D eigenvalue weighted by Gasteiger charge is 2.27. The van der Waals surface area contributed by atoms with E-state index in [2.05, 4.69) is 4.90 Å². The Bertz CT molecular complexity index is 361. The second-order valence-corrected chi connectivity index (χ2v) is 6.02. The molecule has 2 fully saturated rings. The van der Waals surface area contributed by atoms with Crippen LogP contribution in [0, 0.1) is 0 Å². The van der Waals surface area contributed by atoms with E-state index in [-0.39, 0.29) is 18.4 Å². The van der Waals surface area contributed by atoms with Gasteiger partial charge in [-0.15, -0.1) is 0 Å². The van der Waals surface area contributed by atoms with Crippen LogP contribution in [-0.4, -0.2) is 83.5 Å². The highest BCUT2D eigenvalue weighted by molar-refractivity contribution is 5.79. The molecule has 0 atom stereocenters. The molecule has 1 aliphatic carbocycles. The smallest absolute Gasteiger partial charge is 0.236 e. The minimum atomic E-state index is 0.0787. The summed E-state index contributed by atoms with van der Waals surface area (Å²) < 4.78 is 0. The van der Waals surface area contributed by atoms with Gasteiger partial charge in [-0.05, 0) is 12.8 Å². The zero-order chi connectivity index (χ0) is 15.2. The van der Waals surface area contributed by atoms with Crippen molar-refractivity contribution in [2.24, 2.45) is 0 Å². The number of piperazine rings is 1. The van der Waals surface area contributed by atoms with Crippen LogP contribution in [0.25, 0.3) is 0 Å². The summed E-state index contributed by atoms with van der Waals surface area (Å²) in [6.45, 7) is 5.14. The lowest BCUT2D eigenvalue weighted by Crippen LogP contribution is -2.53. The highest BCUT2D eigenvalue weighted by atomic mass is 16.3. The second kappa shape index (κ2) is 7.75. The van der Waals surface area contributed by atoms with Gasteiger partial charge in [-0.2, -0.15) is 0 Å². The van der Waals surface area contributed by atoms with Gasteiger partial charge in [-0.25, -0.2) is 0 Å². The van der Waals surface area contributed by atoms with Crippen molar-refractivity contribution in [3.63, 3.8) is 0 Å². The SMILES string of the molecule is CC(=O)N1CCN(C(=O)CN(CCO)C2CCCC2)CC1. The molecule has 21 heavy (non-hydrogen) atoms. The standard InChI is InChI=1S/C15H27N3O3/c1-13(20)16-6-8-17(9-7-16)15(21)12-18(10-11-19)14-4-2-3-5-14/h14,19H,2-12H2,1H3. The lowest BCUT2D eigenvalue weighted by atomic mass is 10.2. The van der Waals surface area contributed by atoms with E-state index in [1.165, 1.54) is 12.8 Å². The molecule has 0 aromatic heterocycles. The van der Waals surface area contributed by atoms with Gasteiger partial charge in [0.05, 0.1) is 13.2 Å².